The summed E-state index contributed by atoms with van der Waals surface area (Å²) >= 11 is 7.90. The standard InChI is InChI=1S/C21H18ClN3OS/c1-12-17(22)5-4-6-18(12)25-20-19-16(11-27-21(19)24-13(2)23-20)14-7-9-15(26-3)10-8-14/h4-11H,1-3H3,(H,23,24,25). The van der Waals surface area contributed by atoms with Crippen molar-refractivity contribution in [1.29, 1.82) is 0 Å². The van der Waals surface area contributed by atoms with Gasteiger partial charge < -0.3 is 10.1 Å². The molecule has 0 spiro atoms. The molecule has 0 aliphatic rings. The SMILES string of the molecule is COc1ccc(-c2csc3nc(C)nc(Nc4cccc(Cl)c4C)c23)cc1. The third-order valence-corrected chi connectivity index (χ3v) is 5.75. The molecule has 4 aromatic rings. The highest BCUT2D eigenvalue weighted by molar-refractivity contribution is 7.17. The number of halogens is 1. The molecule has 0 aliphatic carbocycles. The summed E-state index contributed by atoms with van der Waals surface area (Å²) < 4.78 is 5.27. The topological polar surface area (TPSA) is 47.0 Å². The van der Waals surface area contributed by atoms with Gasteiger partial charge in [-0.25, -0.2) is 9.97 Å². The first kappa shape index (κ1) is 17.8. The van der Waals surface area contributed by atoms with E-state index in [1.165, 1.54) is 0 Å². The van der Waals surface area contributed by atoms with Crippen LogP contribution in [-0.4, -0.2) is 17.1 Å². The lowest BCUT2D eigenvalue weighted by Crippen LogP contribution is -2.00. The van der Waals surface area contributed by atoms with Gasteiger partial charge in [0.2, 0.25) is 0 Å². The molecule has 0 aliphatic heterocycles. The number of aryl methyl sites for hydroxylation is 1. The molecule has 6 heteroatoms. The van der Waals surface area contributed by atoms with Crippen molar-refractivity contribution in [3.63, 3.8) is 0 Å². The van der Waals surface area contributed by atoms with Crippen molar-refractivity contribution in [1.82, 2.24) is 9.97 Å². The van der Waals surface area contributed by atoms with Crippen LogP contribution in [0.5, 0.6) is 5.75 Å². The highest BCUT2D eigenvalue weighted by Gasteiger charge is 2.15. The number of anilines is 2. The van der Waals surface area contributed by atoms with Crippen molar-refractivity contribution in [2.24, 2.45) is 0 Å². The van der Waals surface area contributed by atoms with Crippen LogP contribution in [0.15, 0.2) is 47.8 Å². The number of nitrogens with one attached hydrogen (secondary N) is 1. The van der Waals surface area contributed by atoms with Crippen LogP contribution in [0, 0.1) is 13.8 Å². The second-order valence-corrected chi connectivity index (χ2v) is 7.48. The maximum Gasteiger partial charge on any atom is 0.143 e. The first-order valence-electron chi connectivity index (χ1n) is 8.49. The van der Waals surface area contributed by atoms with E-state index in [0.29, 0.717) is 0 Å². The van der Waals surface area contributed by atoms with Gasteiger partial charge in [-0.15, -0.1) is 11.3 Å². The maximum absolute atomic E-state index is 6.28. The molecule has 0 bridgehead atoms. The van der Waals surface area contributed by atoms with Crippen molar-refractivity contribution in [3.8, 4) is 16.9 Å². The lowest BCUT2D eigenvalue weighted by atomic mass is 10.1. The molecule has 27 heavy (non-hydrogen) atoms. The molecule has 4 rings (SSSR count). The van der Waals surface area contributed by atoms with Gasteiger partial charge in [-0.2, -0.15) is 0 Å². The lowest BCUT2D eigenvalue weighted by Gasteiger charge is -2.12. The zero-order valence-corrected chi connectivity index (χ0v) is 16.8. The van der Waals surface area contributed by atoms with E-state index in [1.807, 2.05) is 44.2 Å². The van der Waals surface area contributed by atoms with Gasteiger partial charge in [0, 0.05) is 21.7 Å². The van der Waals surface area contributed by atoms with Crippen LogP contribution in [0.3, 0.4) is 0 Å². The van der Waals surface area contributed by atoms with Gasteiger partial charge in [0.1, 0.15) is 22.2 Å². The Morgan fingerprint density at radius 1 is 1.04 bits per heavy atom. The quantitative estimate of drug-likeness (QED) is 0.435. The molecule has 0 fully saturated rings. The van der Waals surface area contributed by atoms with Crippen LogP contribution in [0.2, 0.25) is 5.02 Å². The summed E-state index contributed by atoms with van der Waals surface area (Å²) in [6.45, 7) is 3.90. The Morgan fingerprint density at radius 3 is 2.56 bits per heavy atom. The molecular formula is C21H18ClN3OS. The smallest absolute Gasteiger partial charge is 0.143 e. The number of benzene rings is 2. The van der Waals surface area contributed by atoms with E-state index in [-0.39, 0.29) is 0 Å². The molecule has 2 heterocycles. The van der Waals surface area contributed by atoms with Crippen molar-refractivity contribution in [2.75, 3.05) is 12.4 Å². The van der Waals surface area contributed by atoms with E-state index in [0.717, 1.165) is 55.0 Å². The minimum atomic E-state index is 0.725. The van der Waals surface area contributed by atoms with Gasteiger partial charge in [-0.3, -0.25) is 0 Å². The van der Waals surface area contributed by atoms with Crippen LogP contribution < -0.4 is 10.1 Å². The highest BCUT2D eigenvalue weighted by Crippen LogP contribution is 2.39. The molecule has 136 valence electrons. The fourth-order valence-electron chi connectivity index (χ4n) is 2.99. The fourth-order valence-corrected chi connectivity index (χ4v) is 4.16. The van der Waals surface area contributed by atoms with Crippen molar-refractivity contribution >= 4 is 44.7 Å². The summed E-state index contributed by atoms with van der Waals surface area (Å²) in [6, 6.07) is 13.8. The minimum absolute atomic E-state index is 0.725. The molecule has 0 unspecified atom stereocenters. The lowest BCUT2D eigenvalue weighted by molar-refractivity contribution is 0.415. The van der Waals surface area contributed by atoms with E-state index < -0.39 is 0 Å². The van der Waals surface area contributed by atoms with Gasteiger partial charge in [-0.05, 0) is 49.2 Å². The summed E-state index contributed by atoms with van der Waals surface area (Å²) in [5.41, 5.74) is 4.12. The first-order chi connectivity index (χ1) is 13.1. The zero-order chi connectivity index (χ0) is 19.0. The van der Waals surface area contributed by atoms with Crippen LogP contribution in [0.25, 0.3) is 21.3 Å². The van der Waals surface area contributed by atoms with Gasteiger partial charge >= 0.3 is 0 Å². The Bertz CT molecular complexity index is 1120. The summed E-state index contributed by atoms with van der Waals surface area (Å²) in [7, 11) is 1.67. The third-order valence-electron chi connectivity index (χ3n) is 4.47. The first-order valence-corrected chi connectivity index (χ1v) is 9.75. The van der Waals surface area contributed by atoms with Crippen LogP contribution in [-0.2, 0) is 0 Å². The molecule has 0 saturated carbocycles. The molecule has 2 aromatic carbocycles. The normalized spacial score (nSPS) is 11.0. The number of ether oxygens (including phenoxy) is 1. The summed E-state index contributed by atoms with van der Waals surface area (Å²) in [4.78, 5) is 10.2. The summed E-state index contributed by atoms with van der Waals surface area (Å²) in [5, 5.41) is 7.32. The van der Waals surface area contributed by atoms with Crippen LogP contribution >= 0.6 is 22.9 Å². The second kappa shape index (κ2) is 7.18. The highest BCUT2D eigenvalue weighted by atomic mass is 35.5. The fraction of sp³-hybridized carbons (Fsp3) is 0.143. The number of hydrogen-bond donors (Lipinski definition) is 1. The predicted molar refractivity (Wildman–Crippen MR) is 114 cm³/mol. The summed E-state index contributed by atoms with van der Waals surface area (Å²) in [5.74, 6) is 2.35. The number of aromatic nitrogens is 2. The zero-order valence-electron chi connectivity index (χ0n) is 15.2. The number of nitrogens with zero attached hydrogens (tertiary/aromatic N) is 2. The maximum atomic E-state index is 6.28. The Morgan fingerprint density at radius 2 is 1.81 bits per heavy atom. The van der Waals surface area contributed by atoms with Crippen molar-refractivity contribution < 1.29 is 4.74 Å². The number of thiophene rings is 1. The molecule has 0 radical (unpaired) electrons. The van der Waals surface area contributed by atoms with E-state index in [2.05, 4.69) is 32.8 Å². The molecule has 0 saturated heterocycles. The van der Waals surface area contributed by atoms with Gasteiger partial charge in [0.05, 0.1) is 12.5 Å². The Hall–Kier alpha value is -2.63. The monoisotopic (exact) mass is 395 g/mol. The molecular weight excluding hydrogens is 378 g/mol. The van der Waals surface area contributed by atoms with E-state index >= 15 is 0 Å². The van der Waals surface area contributed by atoms with Crippen molar-refractivity contribution in [3.05, 3.63) is 64.3 Å². The molecule has 0 atom stereocenters. The van der Waals surface area contributed by atoms with E-state index in [9.17, 15) is 0 Å². The third kappa shape index (κ3) is 3.36. The molecule has 2 aromatic heterocycles. The van der Waals surface area contributed by atoms with Gasteiger partial charge in [0.15, 0.2) is 0 Å². The molecule has 4 nitrogen and oxygen atoms in total. The van der Waals surface area contributed by atoms with Crippen LogP contribution in [0.4, 0.5) is 11.5 Å². The number of rotatable bonds is 4. The van der Waals surface area contributed by atoms with E-state index in [4.69, 9.17) is 16.3 Å². The number of fused-ring (bicyclic) bond motifs is 1. The average molecular weight is 396 g/mol. The van der Waals surface area contributed by atoms with Crippen molar-refractivity contribution in [2.45, 2.75) is 13.8 Å². The van der Waals surface area contributed by atoms with Gasteiger partial charge in [0.25, 0.3) is 0 Å². The number of methoxy groups -OCH3 is 1. The Labute approximate surface area is 166 Å². The largest absolute Gasteiger partial charge is 0.497 e. The summed E-state index contributed by atoms with van der Waals surface area (Å²) in [6.07, 6.45) is 0. The minimum Gasteiger partial charge on any atom is -0.497 e. The number of hydrogen-bond acceptors (Lipinski definition) is 5. The van der Waals surface area contributed by atoms with Gasteiger partial charge in [-0.1, -0.05) is 29.8 Å². The second-order valence-electron chi connectivity index (χ2n) is 6.21. The van der Waals surface area contributed by atoms with Crippen LogP contribution in [0.1, 0.15) is 11.4 Å². The average Bonchev–Trinajstić information content (AvgIpc) is 3.09. The Kier molecular flexibility index (Phi) is 4.72. The molecule has 0 amide bonds. The Balaban J connectivity index is 1.86. The van der Waals surface area contributed by atoms with E-state index in [1.54, 1.807) is 18.4 Å². The molecule has 1 N–H and O–H groups in total. The predicted octanol–water partition coefficient (Wildman–Crippen LogP) is 6.38.